The third kappa shape index (κ3) is 4.30. The van der Waals surface area contributed by atoms with Crippen molar-refractivity contribution >= 4 is 0 Å². The van der Waals surface area contributed by atoms with Gasteiger partial charge in [-0.2, -0.15) is 0 Å². The summed E-state index contributed by atoms with van der Waals surface area (Å²) in [6.45, 7) is 4.66. The van der Waals surface area contributed by atoms with Crippen LogP contribution in [0.5, 0.6) is 0 Å². The van der Waals surface area contributed by atoms with Gasteiger partial charge in [-0.15, -0.1) is 0 Å². The minimum atomic E-state index is -1.49. The molecule has 1 aromatic heterocycles. The molecule has 1 aliphatic carbocycles. The number of aromatic nitrogens is 2. The second kappa shape index (κ2) is 9.43. The Hall–Kier alpha value is -2.69. The SMILES string of the molecule is CCCC(C)C1(c2ccc(-c3cnc(-c4cc(F)c(F)c(F)c4)nc3)cc2)CCCCC1. The molecular formula is C27H29F3N2. The van der Waals surface area contributed by atoms with Crippen molar-refractivity contribution < 1.29 is 13.2 Å². The number of nitrogens with zero attached hydrogens (tertiary/aromatic N) is 2. The van der Waals surface area contributed by atoms with Crippen LogP contribution in [0, 0.1) is 23.4 Å². The Morgan fingerprint density at radius 2 is 1.44 bits per heavy atom. The standard InChI is InChI=1S/C27H29F3N2/c1-3-7-18(2)27(12-5-4-6-13-27)22-10-8-19(9-11-22)21-16-31-26(32-17-21)20-14-23(28)25(30)24(29)15-20/h8-11,14-18H,3-7,12-13H2,1-2H3. The van der Waals surface area contributed by atoms with Crippen molar-refractivity contribution in [1.82, 2.24) is 9.97 Å². The van der Waals surface area contributed by atoms with Gasteiger partial charge in [-0.1, -0.05) is 70.2 Å². The predicted octanol–water partition coefficient (Wildman–Crippen LogP) is 7.87. The predicted molar refractivity (Wildman–Crippen MR) is 122 cm³/mol. The van der Waals surface area contributed by atoms with Crippen LogP contribution in [0.15, 0.2) is 48.8 Å². The lowest BCUT2D eigenvalue weighted by Gasteiger charge is -2.43. The molecule has 1 atom stereocenters. The lowest BCUT2D eigenvalue weighted by molar-refractivity contribution is 0.192. The normalized spacial score (nSPS) is 16.7. The van der Waals surface area contributed by atoms with Gasteiger partial charge in [0.25, 0.3) is 0 Å². The molecule has 5 heteroatoms. The van der Waals surface area contributed by atoms with Crippen LogP contribution >= 0.6 is 0 Å². The summed E-state index contributed by atoms with van der Waals surface area (Å²) in [5, 5.41) is 0. The van der Waals surface area contributed by atoms with Crippen LogP contribution in [0.25, 0.3) is 22.5 Å². The van der Waals surface area contributed by atoms with Crippen LogP contribution in [-0.2, 0) is 5.41 Å². The van der Waals surface area contributed by atoms with E-state index in [1.54, 1.807) is 12.4 Å². The van der Waals surface area contributed by atoms with Crippen LogP contribution in [0.1, 0.15) is 64.4 Å². The minimum absolute atomic E-state index is 0.104. The lowest BCUT2D eigenvalue weighted by atomic mass is 9.61. The van der Waals surface area contributed by atoms with Crippen LogP contribution in [-0.4, -0.2) is 9.97 Å². The van der Waals surface area contributed by atoms with E-state index in [9.17, 15) is 13.2 Å². The zero-order chi connectivity index (χ0) is 22.7. The van der Waals surface area contributed by atoms with Crippen molar-refractivity contribution in [2.24, 2.45) is 5.92 Å². The Balaban J connectivity index is 1.59. The first kappa shape index (κ1) is 22.5. The Morgan fingerprint density at radius 1 is 0.844 bits per heavy atom. The van der Waals surface area contributed by atoms with Gasteiger partial charge in [0.2, 0.25) is 0 Å². The average Bonchev–Trinajstić information content (AvgIpc) is 2.83. The van der Waals surface area contributed by atoms with Gasteiger partial charge >= 0.3 is 0 Å². The summed E-state index contributed by atoms with van der Waals surface area (Å²) >= 11 is 0. The van der Waals surface area contributed by atoms with Gasteiger partial charge in [0.05, 0.1) is 0 Å². The van der Waals surface area contributed by atoms with E-state index in [0.717, 1.165) is 23.3 Å². The first-order valence-corrected chi connectivity index (χ1v) is 11.5. The molecule has 0 aliphatic heterocycles. The highest BCUT2D eigenvalue weighted by Crippen LogP contribution is 2.47. The molecule has 2 aromatic carbocycles. The first-order valence-electron chi connectivity index (χ1n) is 11.5. The van der Waals surface area contributed by atoms with E-state index in [1.807, 2.05) is 0 Å². The highest BCUT2D eigenvalue weighted by molar-refractivity contribution is 5.64. The quantitative estimate of drug-likeness (QED) is 0.366. The number of hydrogen-bond donors (Lipinski definition) is 0. The van der Waals surface area contributed by atoms with Crippen molar-refractivity contribution in [3.05, 3.63) is 71.8 Å². The van der Waals surface area contributed by atoms with Gasteiger partial charge in [0, 0.05) is 23.5 Å². The number of rotatable bonds is 6. The molecule has 1 heterocycles. The van der Waals surface area contributed by atoms with Gasteiger partial charge in [0.1, 0.15) is 0 Å². The van der Waals surface area contributed by atoms with E-state index in [2.05, 4.69) is 48.1 Å². The Morgan fingerprint density at radius 3 is 2.00 bits per heavy atom. The van der Waals surface area contributed by atoms with Crippen LogP contribution in [0.3, 0.4) is 0 Å². The molecule has 0 N–H and O–H groups in total. The average molecular weight is 439 g/mol. The summed E-state index contributed by atoms with van der Waals surface area (Å²) in [6.07, 6.45) is 12.1. The summed E-state index contributed by atoms with van der Waals surface area (Å²) in [5.74, 6) is -3.20. The van der Waals surface area contributed by atoms with E-state index in [4.69, 9.17) is 0 Å². The topological polar surface area (TPSA) is 25.8 Å². The van der Waals surface area contributed by atoms with Gasteiger partial charge < -0.3 is 0 Å². The molecule has 0 saturated heterocycles. The number of benzene rings is 2. The maximum absolute atomic E-state index is 13.5. The van der Waals surface area contributed by atoms with Crippen molar-refractivity contribution in [1.29, 1.82) is 0 Å². The van der Waals surface area contributed by atoms with Crippen molar-refractivity contribution in [3.63, 3.8) is 0 Å². The van der Waals surface area contributed by atoms with Gasteiger partial charge in [0.15, 0.2) is 23.3 Å². The first-order chi connectivity index (χ1) is 15.4. The second-order valence-electron chi connectivity index (χ2n) is 9.03. The monoisotopic (exact) mass is 438 g/mol. The molecule has 1 unspecified atom stereocenters. The molecule has 0 spiro atoms. The minimum Gasteiger partial charge on any atom is -0.236 e. The Kier molecular flexibility index (Phi) is 6.63. The molecule has 1 fully saturated rings. The Labute approximate surface area is 187 Å². The molecular weight excluding hydrogens is 409 g/mol. The lowest BCUT2D eigenvalue weighted by Crippen LogP contribution is -2.36. The van der Waals surface area contributed by atoms with Crippen molar-refractivity contribution in [2.45, 2.75) is 64.2 Å². The van der Waals surface area contributed by atoms with Gasteiger partial charge in [-0.25, -0.2) is 23.1 Å². The maximum Gasteiger partial charge on any atom is 0.194 e. The smallest absolute Gasteiger partial charge is 0.194 e. The van der Waals surface area contributed by atoms with Crippen LogP contribution in [0.4, 0.5) is 13.2 Å². The highest BCUT2D eigenvalue weighted by atomic mass is 19.2. The molecule has 168 valence electrons. The fraction of sp³-hybridized carbons (Fsp3) is 0.407. The molecule has 0 amide bonds. The molecule has 32 heavy (non-hydrogen) atoms. The van der Waals surface area contributed by atoms with E-state index in [-0.39, 0.29) is 16.8 Å². The summed E-state index contributed by atoms with van der Waals surface area (Å²) in [6, 6.07) is 10.5. The summed E-state index contributed by atoms with van der Waals surface area (Å²) in [5.41, 5.74) is 3.59. The largest absolute Gasteiger partial charge is 0.236 e. The van der Waals surface area contributed by atoms with Crippen LogP contribution < -0.4 is 0 Å². The summed E-state index contributed by atoms with van der Waals surface area (Å²) in [4.78, 5) is 8.50. The van der Waals surface area contributed by atoms with E-state index < -0.39 is 17.5 Å². The molecule has 2 nitrogen and oxygen atoms in total. The van der Waals surface area contributed by atoms with E-state index in [0.29, 0.717) is 5.92 Å². The fourth-order valence-corrected chi connectivity index (χ4v) is 5.26. The number of halogens is 3. The summed E-state index contributed by atoms with van der Waals surface area (Å²) < 4.78 is 40.3. The van der Waals surface area contributed by atoms with Gasteiger partial charge in [-0.05, 0) is 47.4 Å². The molecule has 3 aromatic rings. The fourth-order valence-electron chi connectivity index (χ4n) is 5.26. The second-order valence-corrected chi connectivity index (χ2v) is 9.03. The summed E-state index contributed by atoms with van der Waals surface area (Å²) in [7, 11) is 0. The third-order valence-corrected chi connectivity index (χ3v) is 7.10. The van der Waals surface area contributed by atoms with Crippen molar-refractivity contribution in [3.8, 4) is 22.5 Å². The third-order valence-electron chi connectivity index (χ3n) is 7.10. The van der Waals surface area contributed by atoms with Crippen LogP contribution in [0.2, 0.25) is 0 Å². The maximum atomic E-state index is 13.5. The molecule has 1 saturated carbocycles. The molecule has 0 bridgehead atoms. The zero-order valence-corrected chi connectivity index (χ0v) is 18.7. The van der Waals surface area contributed by atoms with Gasteiger partial charge in [-0.3, -0.25) is 0 Å². The van der Waals surface area contributed by atoms with E-state index in [1.165, 1.54) is 50.5 Å². The molecule has 4 rings (SSSR count). The Bertz CT molecular complexity index is 1030. The van der Waals surface area contributed by atoms with Crippen molar-refractivity contribution in [2.75, 3.05) is 0 Å². The number of hydrogen-bond acceptors (Lipinski definition) is 2. The highest BCUT2D eigenvalue weighted by Gasteiger charge is 2.38. The molecule has 1 aliphatic rings. The zero-order valence-electron chi connectivity index (χ0n) is 18.7. The van der Waals surface area contributed by atoms with E-state index >= 15 is 0 Å². The molecule has 0 radical (unpaired) electrons.